The number of nitrogens with zero attached hydrogens (tertiary/aromatic N) is 3. The monoisotopic (exact) mass is 846 g/mol. The average molecular weight is 847 g/mol. The molecule has 0 aliphatic heterocycles. The van der Waals surface area contributed by atoms with Crippen LogP contribution in [-0.2, 0) is 31.3 Å². The van der Waals surface area contributed by atoms with Gasteiger partial charge in [0.15, 0.2) is 6.61 Å². The molecule has 1 saturated carbocycles. The molecule has 1 aromatic heterocycles. The number of hydrogen-bond donors (Lipinski definition) is 5. The van der Waals surface area contributed by atoms with Crippen molar-refractivity contribution in [3.63, 3.8) is 0 Å². The number of amides is 3. The first kappa shape index (κ1) is 42.7. The normalized spacial score (nSPS) is 13.2. The molecular weight excluding hydrogens is 809 g/mol. The van der Waals surface area contributed by atoms with Crippen LogP contribution >= 0.6 is 11.6 Å². The number of halogens is 4. The summed E-state index contributed by atoms with van der Waals surface area (Å²) in [4.78, 5) is 63.1. The number of ether oxygens (including phenoxy) is 3. The number of benzene rings is 4. The fraction of sp³-hybridized carbons (Fsp3) is 0.244. The fourth-order valence-electron chi connectivity index (χ4n) is 5.71. The lowest BCUT2D eigenvalue weighted by Gasteiger charge is -2.19. The summed E-state index contributed by atoms with van der Waals surface area (Å²) in [5.74, 6) is -2.97. The highest BCUT2D eigenvalue weighted by molar-refractivity contribution is 6.39. The number of hydrogen-bond acceptors (Lipinski definition) is 12. The van der Waals surface area contributed by atoms with E-state index in [9.17, 15) is 32.3 Å². The molecule has 0 unspecified atom stereocenters. The minimum Gasteiger partial charge on any atom is -0.489 e. The molecule has 5 aromatic rings. The minimum absolute atomic E-state index is 0.0330. The van der Waals surface area contributed by atoms with Gasteiger partial charge in [0.2, 0.25) is 11.9 Å². The third kappa shape index (κ3) is 12.3. The molecule has 15 nitrogen and oxygen atoms in total. The van der Waals surface area contributed by atoms with Gasteiger partial charge in [0.05, 0.1) is 12.6 Å². The van der Waals surface area contributed by atoms with E-state index in [4.69, 9.17) is 25.8 Å². The Morgan fingerprint density at radius 1 is 0.800 bits per heavy atom. The molecule has 5 N–H and O–H groups in total. The Bertz CT molecular complexity index is 2280. The summed E-state index contributed by atoms with van der Waals surface area (Å²) >= 11 is 6.04. The molecule has 60 heavy (non-hydrogen) atoms. The molecule has 1 heterocycles. The summed E-state index contributed by atoms with van der Waals surface area (Å²) in [6.07, 6.45) is -3.34. The van der Waals surface area contributed by atoms with Crippen molar-refractivity contribution in [1.29, 1.82) is 0 Å². The van der Waals surface area contributed by atoms with E-state index >= 15 is 0 Å². The third-order valence-corrected chi connectivity index (χ3v) is 9.21. The van der Waals surface area contributed by atoms with Crippen molar-refractivity contribution >= 4 is 58.6 Å². The predicted molar refractivity (Wildman–Crippen MR) is 214 cm³/mol. The molecule has 0 bridgehead atoms. The molecule has 4 aromatic carbocycles. The maximum Gasteiger partial charge on any atom is 0.422 e. The van der Waals surface area contributed by atoms with Crippen LogP contribution in [0.3, 0.4) is 0 Å². The Kier molecular flexibility index (Phi) is 13.6. The van der Waals surface area contributed by atoms with Crippen molar-refractivity contribution in [2.24, 2.45) is 0 Å². The topological polar surface area (TPSA) is 195 Å². The van der Waals surface area contributed by atoms with Gasteiger partial charge in [-0.05, 0) is 91.1 Å². The SMILES string of the molecule is COC(=O)[C@H](CCNC(=O)C(=O)Nc1ccc(OCc2ccccc2)cc1)NC(=O)c1ccc(Nc2nc(NC3(c4ccc(Cl)cc4)CC3)nc(OCC(F)(F)F)n2)cc1. The van der Waals surface area contributed by atoms with E-state index in [-0.39, 0.29) is 30.4 Å². The number of alkyl halides is 3. The molecule has 1 aliphatic rings. The summed E-state index contributed by atoms with van der Waals surface area (Å²) < 4.78 is 54.4. The first-order valence-electron chi connectivity index (χ1n) is 18.4. The molecule has 312 valence electrons. The van der Waals surface area contributed by atoms with Crippen molar-refractivity contribution in [2.75, 3.05) is 36.2 Å². The molecule has 19 heteroatoms. The van der Waals surface area contributed by atoms with Crippen LogP contribution in [0.4, 0.5) is 36.4 Å². The summed E-state index contributed by atoms with van der Waals surface area (Å²) in [5, 5.41) is 14.1. The van der Waals surface area contributed by atoms with E-state index in [1.54, 1.807) is 36.4 Å². The van der Waals surface area contributed by atoms with Crippen molar-refractivity contribution in [3.05, 3.63) is 125 Å². The Balaban J connectivity index is 1.01. The van der Waals surface area contributed by atoms with E-state index in [0.29, 0.717) is 41.6 Å². The van der Waals surface area contributed by atoms with Gasteiger partial charge in [0, 0.05) is 28.5 Å². The third-order valence-electron chi connectivity index (χ3n) is 8.96. The second-order valence-electron chi connectivity index (χ2n) is 13.4. The maximum atomic E-state index is 13.2. The van der Waals surface area contributed by atoms with Crippen LogP contribution in [0, 0.1) is 0 Å². The minimum atomic E-state index is -4.64. The van der Waals surface area contributed by atoms with Crippen LogP contribution in [0.25, 0.3) is 0 Å². The number of nitrogens with one attached hydrogen (secondary N) is 5. The van der Waals surface area contributed by atoms with Crippen LogP contribution in [0.5, 0.6) is 11.8 Å². The Labute approximate surface area is 346 Å². The molecule has 1 fully saturated rings. The van der Waals surface area contributed by atoms with Crippen LogP contribution in [0.15, 0.2) is 103 Å². The second kappa shape index (κ2) is 19.2. The molecule has 0 spiro atoms. The van der Waals surface area contributed by atoms with Gasteiger partial charge >= 0.3 is 30.0 Å². The van der Waals surface area contributed by atoms with Gasteiger partial charge in [-0.2, -0.15) is 28.1 Å². The zero-order valence-electron chi connectivity index (χ0n) is 31.8. The van der Waals surface area contributed by atoms with E-state index in [0.717, 1.165) is 18.2 Å². The molecule has 6 rings (SSSR count). The van der Waals surface area contributed by atoms with Gasteiger partial charge in [-0.15, -0.1) is 0 Å². The predicted octanol–water partition coefficient (Wildman–Crippen LogP) is 6.31. The molecule has 1 aliphatic carbocycles. The number of rotatable bonds is 17. The van der Waals surface area contributed by atoms with E-state index in [1.165, 1.54) is 24.3 Å². The van der Waals surface area contributed by atoms with Crippen molar-refractivity contribution in [1.82, 2.24) is 25.6 Å². The molecular formula is C41H38ClF3N8O7. The summed E-state index contributed by atoms with van der Waals surface area (Å²) in [6.45, 7) is -1.43. The number of methoxy groups -OCH3 is 1. The van der Waals surface area contributed by atoms with Crippen molar-refractivity contribution in [3.8, 4) is 11.8 Å². The zero-order valence-corrected chi connectivity index (χ0v) is 32.6. The van der Waals surface area contributed by atoms with Crippen molar-refractivity contribution in [2.45, 2.75) is 43.6 Å². The zero-order chi connectivity index (χ0) is 42.7. The molecule has 1 atom stereocenters. The Morgan fingerprint density at radius 2 is 1.47 bits per heavy atom. The Hall–Kier alpha value is -6.95. The summed E-state index contributed by atoms with van der Waals surface area (Å²) in [7, 11) is 1.13. The first-order chi connectivity index (χ1) is 28.8. The quantitative estimate of drug-likeness (QED) is 0.0518. The second-order valence-corrected chi connectivity index (χ2v) is 13.9. The van der Waals surface area contributed by atoms with Gasteiger partial charge < -0.3 is 40.8 Å². The van der Waals surface area contributed by atoms with E-state index in [2.05, 4.69) is 41.5 Å². The lowest BCUT2D eigenvalue weighted by Crippen LogP contribution is -2.44. The first-order valence-corrected chi connectivity index (χ1v) is 18.8. The number of aromatic nitrogens is 3. The van der Waals surface area contributed by atoms with Gasteiger partial charge in [0.1, 0.15) is 18.4 Å². The number of carbonyl (C=O) groups excluding carboxylic acids is 4. The largest absolute Gasteiger partial charge is 0.489 e. The molecule has 0 saturated heterocycles. The van der Waals surface area contributed by atoms with Gasteiger partial charge in [-0.1, -0.05) is 54.1 Å². The van der Waals surface area contributed by atoms with Crippen LogP contribution in [0.2, 0.25) is 5.02 Å². The van der Waals surface area contributed by atoms with Gasteiger partial charge in [-0.3, -0.25) is 14.4 Å². The summed E-state index contributed by atoms with van der Waals surface area (Å²) in [6, 6.07) is 27.2. The standard InChI is InChI=1S/C41H38ClF3N8O7/c1-58-36(57)32(19-22-46-34(55)35(56)47-29-15-17-31(18-16-29)59-23-25-5-3-2-4-6-25)49-33(54)26-7-13-30(14-8-26)48-37-50-38(52-39(51-37)60-24-41(43,44)45)53-40(20-21-40)27-9-11-28(42)12-10-27/h2-18,32H,19-24H2,1H3,(H,46,55)(H,47,56)(H,49,54)(H2,48,50,51,52,53)/t32-/m0/s1. The van der Waals surface area contributed by atoms with Crippen molar-refractivity contribution < 1.29 is 46.6 Å². The number of anilines is 4. The smallest absolute Gasteiger partial charge is 0.422 e. The van der Waals surface area contributed by atoms with Crippen LogP contribution in [-0.4, -0.2) is 71.1 Å². The number of carbonyl (C=O) groups is 4. The average Bonchev–Trinajstić information content (AvgIpc) is 4.02. The van der Waals surface area contributed by atoms with Crippen LogP contribution < -0.4 is 36.1 Å². The lowest BCUT2D eigenvalue weighted by atomic mass is 10.1. The van der Waals surface area contributed by atoms with E-state index < -0.39 is 54.1 Å². The highest BCUT2D eigenvalue weighted by atomic mass is 35.5. The van der Waals surface area contributed by atoms with Crippen LogP contribution in [0.1, 0.15) is 40.7 Å². The summed E-state index contributed by atoms with van der Waals surface area (Å²) in [5.41, 5.74) is 2.15. The van der Waals surface area contributed by atoms with E-state index in [1.807, 2.05) is 42.5 Å². The highest BCUT2D eigenvalue weighted by Crippen LogP contribution is 2.48. The lowest BCUT2D eigenvalue weighted by molar-refractivity contribution is -0.154. The maximum absolute atomic E-state index is 13.2. The molecule has 3 amide bonds. The molecule has 0 radical (unpaired) electrons. The highest BCUT2D eigenvalue weighted by Gasteiger charge is 2.45. The Morgan fingerprint density at radius 3 is 2.12 bits per heavy atom. The fourth-order valence-corrected chi connectivity index (χ4v) is 5.84. The number of esters is 1. The van der Waals surface area contributed by atoms with Gasteiger partial charge in [-0.25, -0.2) is 4.79 Å². The van der Waals surface area contributed by atoms with Gasteiger partial charge in [0.25, 0.3) is 5.91 Å².